The van der Waals surface area contributed by atoms with Crippen LogP contribution in [0.3, 0.4) is 0 Å². The Kier molecular flexibility index (Phi) is 7.87. The molecule has 4 atom stereocenters. The summed E-state index contributed by atoms with van der Waals surface area (Å²) in [5.41, 5.74) is -0.306. The maximum absolute atomic E-state index is 12.5. The Balaban J connectivity index is 1.84. The van der Waals surface area contributed by atoms with Gasteiger partial charge in [0.2, 0.25) is 0 Å². The Labute approximate surface area is 163 Å². The summed E-state index contributed by atoms with van der Waals surface area (Å²) in [4.78, 5) is 23.1. The van der Waals surface area contributed by atoms with Crippen molar-refractivity contribution in [2.45, 2.75) is 110 Å². The lowest BCUT2D eigenvalue weighted by atomic mass is 9.72. The minimum absolute atomic E-state index is 0.0535. The molecule has 1 saturated carbocycles. The van der Waals surface area contributed by atoms with E-state index in [0.717, 1.165) is 51.4 Å². The lowest BCUT2D eigenvalue weighted by Gasteiger charge is -2.48. The van der Waals surface area contributed by atoms with Crippen LogP contribution in [-0.2, 0) is 14.3 Å². The third-order valence-electron chi connectivity index (χ3n) is 6.84. The summed E-state index contributed by atoms with van der Waals surface area (Å²) in [6, 6.07) is 0. The number of Topliss-reactive ketones (excluding diaryl/α,β-unsaturated/α-hetero) is 1. The number of carboxylic acids is 1. The van der Waals surface area contributed by atoms with Gasteiger partial charge in [-0.1, -0.05) is 52.9 Å². The van der Waals surface area contributed by atoms with Crippen molar-refractivity contribution in [2.24, 2.45) is 17.3 Å². The van der Waals surface area contributed by atoms with E-state index in [9.17, 15) is 14.7 Å². The van der Waals surface area contributed by atoms with Crippen molar-refractivity contribution in [3.05, 3.63) is 0 Å². The fourth-order valence-electron chi connectivity index (χ4n) is 4.87. The average Bonchev–Trinajstić information content (AvgIpc) is 2.90. The lowest BCUT2D eigenvalue weighted by molar-refractivity contribution is -0.316. The van der Waals surface area contributed by atoms with Gasteiger partial charge in [-0.2, -0.15) is 0 Å². The Morgan fingerprint density at radius 2 is 1.93 bits per heavy atom. The molecule has 0 amide bonds. The van der Waals surface area contributed by atoms with Gasteiger partial charge in [0.1, 0.15) is 5.78 Å². The van der Waals surface area contributed by atoms with Crippen molar-refractivity contribution >= 4 is 11.8 Å². The zero-order valence-corrected chi connectivity index (χ0v) is 17.3. The number of aliphatic hydroxyl groups is 1. The van der Waals surface area contributed by atoms with E-state index < -0.39 is 11.8 Å². The highest BCUT2D eigenvalue weighted by atomic mass is 16.6. The molecule has 2 fully saturated rings. The number of hydrogen-bond acceptors (Lipinski definition) is 4. The van der Waals surface area contributed by atoms with Gasteiger partial charge in [-0.15, -0.1) is 0 Å². The summed E-state index contributed by atoms with van der Waals surface area (Å²) in [5.74, 6) is -1.30. The molecule has 1 heterocycles. The third-order valence-corrected chi connectivity index (χ3v) is 6.84. The van der Waals surface area contributed by atoms with Crippen molar-refractivity contribution in [1.29, 1.82) is 0 Å². The number of carbonyl (C=O) groups excluding carboxylic acids is 1. The van der Waals surface area contributed by atoms with Gasteiger partial charge >= 0.3 is 5.97 Å². The van der Waals surface area contributed by atoms with Gasteiger partial charge in [0.15, 0.2) is 5.79 Å². The highest BCUT2D eigenvalue weighted by Gasteiger charge is 2.54. The molecule has 0 aromatic heterocycles. The maximum atomic E-state index is 12.5. The summed E-state index contributed by atoms with van der Waals surface area (Å²) in [6.07, 6.45) is 9.48. The summed E-state index contributed by atoms with van der Waals surface area (Å²) >= 11 is 0. The first kappa shape index (κ1) is 22.4. The minimum atomic E-state index is -1.13. The molecule has 0 bridgehead atoms. The Bertz CT molecular complexity index is 515. The van der Waals surface area contributed by atoms with Crippen LogP contribution in [0.4, 0.5) is 0 Å². The number of fused-ring (bicyclic) bond motifs is 1. The number of carboxylic acid groups (broad SMARTS) is 1. The van der Waals surface area contributed by atoms with E-state index in [0.29, 0.717) is 19.3 Å². The maximum Gasteiger partial charge on any atom is 0.303 e. The number of hydrogen-bond donors (Lipinski definition) is 2. The number of unbranched alkanes of at least 4 members (excludes halogenated alkanes) is 4. The topological polar surface area (TPSA) is 83.8 Å². The standard InChI is InChI=1S/C22H38O5/c1-4-5-13-21(2,3)22(26)14-12-17-16(18(23)15-19(17)27-22)10-8-6-7-9-11-20(24)25/h16-17,19,26H,4-15H2,1-3H3,(H,24,25)/t16?,17-,19-,22?/m1/s1. The number of aliphatic carboxylic acids is 1. The molecule has 1 aliphatic heterocycles. The molecule has 0 aromatic carbocycles. The molecule has 1 saturated heterocycles. The van der Waals surface area contributed by atoms with Gasteiger partial charge in [-0.3, -0.25) is 9.59 Å². The largest absolute Gasteiger partial charge is 0.481 e. The summed E-state index contributed by atoms with van der Waals surface area (Å²) in [6.45, 7) is 6.31. The van der Waals surface area contributed by atoms with Gasteiger partial charge in [0, 0.05) is 30.6 Å². The lowest BCUT2D eigenvalue weighted by Crippen LogP contribution is -2.53. The van der Waals surface area contributed by atoms with Crippen LogP contribution in [0.25, 0.3) is 0 Å². The smallest absolute Gasteiger partial charge is 0.303 e. The van der Waals surface area contributed by atoms with Gasteiger partial charge in [0.25, 0.3) is 0 Å². The molecule has 0 spiro atoms. The molecule has 5 heteroatoms. The first-order valence-electron chi connectivity index (χ1n) is 10.8. The van der Waals surface area contributed by atoms with E-state index in [4.69, 9.17) is 9.84 Å². The number of carbonyl (C=O) groups is 2. The fourth-order valence-corrected chi connectivity index (χ4v) is 4.87. The first-order valence-corrected chi connectivity index (χ1v) is 10.8. The molecular weight excluding hydrogens is 344 g/mol. The molecule has 2 N–H and O–H groups in total. The molecule has 2 rings (SSSR count). The second-order valence-electron chi connectivity index (χ2n) is 9.25. The summed E-state index contributed by atoms with van der Waals surface area (Å²) in [7, 11) is 0. The van der Waals surface area contributed by atoms with Crippen molar-refractivity contribution in [1.82, 2.24) is 0 Å². The fraction of sp³-hybridized carbons (Fsp3) is 0.909. The molecule has 2 aliphatic rings. The molecule has 156 valence electrons. The van der Waals surface area contributed by atoms with Crippen LogP contribution >= 0.6 is 0 Å². The monoisotopic (exact) mass is 382 g/mol. The highest BCUT2D eigenvalue weighted by molar-refractivity contribution is 5.84. The molecule has 0 radical (unpaired) electrons. The molecule has 5 nitrogen and oxygen atoms in total. The number of rotatable bonds is 11. The van der Waals surface area contributed by atoms with Crippen LogP contribution in [-0.4, -0.2) is 33.9 Å². The van der Waals surface area contributed by atoms with Crippen LogP contribution in [0, 0.1) is 17.3 Å². The van der Waals surface area contributed by atoms with E-state index in [1.165, 1.54) is 0 Å². The quantitative estimate of drug-likeness (QED) is 0.506. The second kappa shape index (κ2) is 9.51. The Morgan fingerprint density at radius 3 is 2.59 bits per heavy atom. The van der Waals surface area contributed by atoms with E-state index in [1.807, 2.05) is 0 Å². The van der Waals surface area contributed by atoms with Crippen LogP contribution in [0.2, 0.25) is 0 Å². The van der Waals surface area contributed by atoms with E-state index in [1.54, 1.807) is 0 Å². The van der Waals surface area contributed by atoms with Crippen molar-refractivity contribution in [2.75, 3.05) is 0 Å². The molecule has 2 unspecified atom stereocenters. The van der Waals surface area contributed by atoms with Crippen molar-refractivity contribution < 1.29 is 24.5 Å². The van der Waals surface area contributed by atoms with Crippen molar-refractivity contribution in [3.8, 4) is 0 Å². The van der Waals surface area contributed by atoms with Gasteiger partial charge in [0.05, 0.1) is 6.10 Å². The number of ketones is 1. The summed E-state index contributed by atoms with van der Waals surface area (Å²) in [5, 5.41) is 19.9. The average molecular weight is 383 g/mol. The molecule has 0 aromatic rings. The zero-order chi connectivity index (χ0) is 20.1. The normalized spacial score (nSPS) is 31.1. The summed E-state index contributed by atoms with van der Waals surface area (Å²) < 4.78 is 6.20. The Morgan fingerprint density at radius 1 is 1.22 bits per heavy atom. The second-order valence-corrected chi connectivity index (χ2v) is 9.25. The molecular formula is C22H38O5. The molecule has 27 heavy (non-hydrogen) atoms. The first-order chi connectivity index (χ1) is 12.7. The van der Waals surface area contributed by atoms with Gasteiger partial charge < -0.3 is 14.9 Å². The van der Waals surface area contributed by atoms with Gasteiger partial charge in [-0.05, 0) is 31.6 Å². The van der Waals surface area contributed by atoms with E-state index >= 15 is 0 Å². The zero-order valence-electron chi connectivity index (χ0n) is 17.3. The third kappa shape index (κ3) is 5.54. The SMILES string of the molecule is CCCCC(C)(C)C1(O)CC[C@@H]2C(CCCCCCC(=O)O)C(=O)C[C@H]2O1. The minimum Gasteiger partial charge on any atom is -0.481 e. The van der Waals surface area contributed by atoms with Crippen molar-refractivity contribution in [3.63, 3.8) is 0 Å². The Hall–Kier alpha value is -0.940. The van der Waals surface area contributed by atoms with Gasteiger partial charge in [-0.25, -0.2) is 0 Å². The van der Waals surface area contributed by atoms with E-state index in [2.05, 4.69) is 20.8 Å². The van der Waals surface area contributed by atoms with Crippen LogP contribution < -0.4 is 0 Å². The predicted octanol–water partition coefficient (Wildman–Crippen LogP) is 4.70. The number of ether oxygens (including phenoxy) is 1. The molecule has 1 aliphatic carbocycles. The van der Waals surface area contributed by atoms with Crippen LogP contribution in [0.5, 0.6) is 0 Å². The predicted molar refractivity (Wildman–Crippen MR) is 104 cm³/mol. The van der Waals surface area contributed by atoms with Crippen LogP contribution in [0.1, 0.15) is 97.8 Å². The highest BCUT2D eigenvalue weighted by Crippen LogP contribution is 2.50. The van der Waals surface area contributed by atoms with Crippen LogP contribution in [0.15, 0.2) is 0 Å². The van der Waals surface area contributed by atoms with E-state index in [-0.39, 0.29) is 35.6 Å².